The standard InChI is InChI=1S/C19H17BrClN5O/c20-13-3-4-15(21)14(9-13)19(27)24-7-8-26-18(12-1-2-12)10-16(25-26)17-11-22-5-6-23-17/h3-6,9-12H,1-2,7-8H2,(H,24,27). The maximum atomic E-state index is 12.4. The minimum absolute atomic E-state index is 0.199. The summed E-state index contributed by atoms with van der Waals surface area (Å²) in [5, 5.41) is 8.02. The summed E-state index contributed by atoms with van der Waals surface area (Å²) in [7, 11) is 0. The SMILES string of the molecule is O=C(NCCn1nc(-c2cnccn2)cc1C1CC1)c1cc(Br)ccc1Cl. The number of hydrogen-bond donors (Lipinski definition) is 1. The third kappa shape index (κ3) is 4.20. The van der Waals surface area contributed by atoms with Gasteiger partial charge in [-0.1, -0.05) is 27.5 Å². The van der Waals surface area contributed by atoms with E-state index in [9.17, 15) is 4.79 Å². The molecule has 1 aliphatic rings. The lowest BCUT2D eigenvalue weighted by Crippen LogP contribution is -2.28. The minimum atomic E-state index is -0.199. The van der Waals surface area contributed by atoms with Crippen LogP contribution in [0, 0.1) is 0 Å². The van der Waals surface area contributed by atoms with Crippen LogP contribution in [0.4, 0.5) is 0 Å². The lowest BCUT2D eigenvalue weighted by atomic mass is 10.2. The normalized spacial score (nSPS) is 13.6. The zero-order valence-corrected chi connectivity index (χ0v) is 16.7. The summed E-state index contributed by atoms with van der Waals surface area (Å²) >= 11 is 9.48. The van der Waals surface area contributed by atoms with Crippen LogP contribution in [0.3, 0.4) is 0 Å². The van der Waals surface area contributed by atoms with Gasteiger partial charge in [0.05, 0.1) is 23.3 Å². The number of hydrogen-bond acceptors (Lipinski definition) is 4. The Hall–Kier alpha value is -2.25. The molecule has 6 nitrogen and oxygen atoms in total. The topological polar surface area (TPSA) is 72.7 Å². The summed E-state index contributed by atoms with van der Waals surface area (Å²) in [6.45, 7) is 1.05. The molecule has 3 aromatic rings. The molecule has 0 atom stereocenters. The van der Waals surface area contributed by atoms with Gasteiger partial charge < -0.3 is 5.32 Å². The molecule has 27 heavy (non-hydrogen) atoms. The zero-order valence-electron chi connectivity index (χ0n) is 14.4. The van der Waals surface area contributed by atoms with E-state index in [2.05, 4.69) is 42.4 Å². The van der Waals surface area contributed by atoms with Gasteiger partial charge in [0.1, 0.15) is 11.4 Å². The minimum Gasteiger partial charge on any atom is -0.350 e. The van der Waals surface area contributed by atoms with Crippen LogP contribution in [-0.2, 0) is 6.54 Å². The van der Waals surface area contributed by atoms with Crippen LogP contribution in [0.25, 0.3) is 11.4 Å². The Balaban J connectivity index is 1.46. The number of nitrogens with one attached hydrogen (secondary N) is 1. The molecule has 1 fully saturated rings. The molecule has 1 N–H and O–H groups in total. The molecule has 0 unspecified atom stereocenters. The number of aromatic nitrogens is 4. The summed E-state index contributed by atoms with van der Waals surface area (Å²) in [4.78, 5) is 20.8. The van der Waals surface area contributed by atoms with Gasteiger partial charge in [0.25, 0.3) is 5.91 Å². The molecule has 4 rings (SSSR count). The first-order chi connectivity index (χ1) is 13.1. The van der Waals surface area contributed by atoms with E-state index in [0.717, 1.165) is 15.9 Å². The lowest BCUT2D eigenvalue weighted by molar-refractivity contribution is 0.0952. The zero-order chi connectivity index (χ0) is 18.8. The largest absolute Gasteiger partial charge is 0.350 e. The molecule has 138 valence electrons. The predicted molar refractivity (Wildman–Crippen MR) is 107 cm³/mol. The number of carbonyl (C=O) groups is 1. The van der Waals surface area contributed by atoms with Crippen molar-refractivity contribution in [1.29, 1.82) is 0 Å². The maximum absolute atomic E-state index is 12.4. The first-order valence-corrected chi connectivity index (χ1v) is 9.86. The molecule has 0 bridgehead atoms. The smallest absolute Gasteiger partial charge is 0.252 e. The number of nitrogens with zero attached hydrogens (tertiary/aromatic N) is 4. The fourth-order valence-electron chi connectivity index (χ4n) is 2.92. The molecule has 2 aromatic heterocycles. The molecule has 1 amide bonds. The number of rotatable bonds is 6. The van der Waals surface area contributed by atoms with Gasteiger partial charge in [-0.25, -0.2) is 0 Å². The van der Waals surface area contributed by atoms with Crippen LogP contribution >= 0.6 is 27.5 Å². The third-order valence-corrected chi connectivity index (χ3v) is 5.24. The van der Waals surface area contributed by atoms with Crippen molar-refractivity contribution in [1.82, 2.24) is 25.1 Å². The van der Waals surface area contributed by atoms with Crippen molar-refractivity contribution in [3.63, 3.8) is 0 Å². The van der Waals surface area contributed by atoms with Crippen LogP contribution in [0.15, 0.2) is 47.3 Å². The maximum Gasteiger partial charge on any atom is 0.252 e. The second-order valence-electron chi connectivity index (χ2n) is 6.42. The van der Waals surface area contributed by atoms with Gasteiger partial charge in [-0.05, 0) is 37.1 Å². The van der Waals surface area contributed by atoms with Crippen LogP contribution in [0.1, 0.15) is 34.8 Å². The van der Waals surface area contributed by atoms with Gasteiger partial charge in [-0.15, -0.1) is 0 Å². The molecule has 0 radical (unpaired) electrons. The Morgan fingerprint density at radius 3 is 2.85 bits per heavy atom. The highest BCUT2D eigenvalue weighted by atomic mass is 79.9. The van der Waals surface area contributed by atoms with Crippen molar-refractivity contribution >= 4 is 33.4 Å². The molecular formula is C19H17BrClN5O. The van der Waals surface area contributed by atoms with Crippen molar-refractivity contribution in [3.8, 4) is 11.4 Å². The summed E-state index contributed by atoms with van der Waals surface area (Å²) in [6, 6.07) is 7.30. The van der Waals surface area contributed by atoms with Crippen molar-refractivity contribution < 1.29 is 4.79 Å². The highest BCUT2D eigenvalue weighted by molar-refractivity contribution is 9.10. The Bertz CT molecular complexity index is 971. The Kier molecular flexibility index (Phi) is 5.22. The van der Waals surface area contributed by atoms with Crippen LogP contribution in [-0.4, -0.2) is 32.2 Å². The number of benzene rings is 1. The van der Waals surface area contributed by atoms with E-state index in [1.807, 2.05) is 4.68 Å². The van der Waals surface area contributed by atoms with E-state index in [4.69, 9.17) is 11.6 Å². The fraction of sp³-hybridized carbons (Fsp3) is 0.263. The first kappa shape index (κ1) is 18.1. The van der Waals surface area contributed by atoms with Crippen molar-refractivity contribution in [2.45, 2.75) is 25.3 Å². The molecule has 1 aliphatic carbocycles. The summed E-state index contributed by atoms with van der Waals surface area (Å²) in [5.74, 6) is 0.341. The highest BCUT2D eigenvalue weighted by Crippen LogP contribution is 2.41. The highest BCUT2D eigenvalue weighted by Gasteiger charge is 2.28. The van der Waals surface area contributed by atoms with Gasteiger partial charge >= 0.3 is 0 Å². The second kappa shape index (κ2) is 7.78. The Labute approximate surface area is 170 Å². The van der Waals surface area contributed by atoms with E-state index < -0.39 is 0 Å². The molecule has 0 saturated heterocycles. The van der Waals surface area contributed by atoms with Crippen LogP contribution in [0.2, 0.25) is 5.02 Å². The van der Waals surface area contributed by atoms with Crippen molar-refractivity contribution in [3.05, 3.63) is 63.6 Å². The van der Waals surface area contributed by atoms with Gasteiger partial charge in [0.2, 0.25) is 0 Å². The third-order valence-electron chi connectivity index (χ3n) is 4.41. The molecular weight excluding hydrogens is 430 g/mol. The van der Waals surface area contributed by atoms with E-state index >= 15 is 0 Å². The molecule has 8 heteroatoms. The number of amides is 1. The number of halogens is 2. The Morgan fingerprint density at radius 1 is 1.26 bits per heavy atom. The van der Waals surface area contributed by atoms with E-state index in [1.165, 1.54) is 18.5 Å². The first-order valence-electron chi connectivity index (χ1n) is 8.69. The average molecular weight is 447 g/mol. The summed E-state index contributed by atoms with van der Waals surface area (Å²) in [5.41, 5.74) is 3.20. The van der Waals surface area contributed by atoms with Crippen LogP contribution in [0.5, 0.6) is 0 Å². The van der Waals surface area contributed by atoms with E-state index in [0.29, 0.717) is 29.6 Å². The van der Waals surface area contributed by atoms with Crippen LogP contribution < -0.4 is 5.32 Å². The van der Waals surface area contributed by atoms with Gasteiger partial charge in [-0.3, -0.25) is 19.4 Å². The average Bonchev–Trinajstić information content (AvgIpc) is 3.44. The predicted octanol–water partition coefficient (Wildman–Crippen LogP) is 4.06. The molecule has 1 aromatic carbocycles. The van der Waals surface area contributed by atoms with Gasteiger partial charge in [-0.2, -0.15) is 5.10 Å². The lowest BCUT2D eigenvalue weighted by Gasteiger charge is -2.09. The Morgan fingerprint density at radius 2 is 2.11 bits per heavy atom. The fourth-order valence-corrected chi connectivity index (χ4v) is 3.48. The summed E-state index contributed by atoms with van der Waals surface area (Å²) in [6.07, 6.45) is 7.36. The van der Waals surface area contributed by atoms with Gasteiger partial charge in [0.15, 0.2) is 0 Å². The second-order valence-corrected chi connectivity index (χ2v) is 7.75. The quantitative estimate of drug-likeness (QED) is 0.620. The van der Waals surface area contributed by atoms with Crippen molar-refractivity contribution in [2.24, 2.45) is 0 Å². The monoisotopic (exact) mass is 445 g/mol. The van der Waals surface area contributed by atoms with Crippen molar-refractivity contribution in [2.75, 3.05) is 6.54 Å². The molecule has 0 spiro atoms. The molecule has 1 saturated carbocycles. The molecule has 2 heterocycles. The van der Waals surface area contributed by atoms with E-state index in [-0.39, 0.29) is 5.91 Å². The number of carbonyl (C=O) groups excluding carboxylic acids is 1. The van der Waals surface area contributed by atoms with Gasteiger partial charge in [0, 0.05) is 35.0 Å². The van der Waals surface area contributed by atoms with E-state index in [1.54, 1.807) is 36.8 Å². The summed E-state index contributed by atoms with van der Waals surface area (Å²) < 4.78 is 2.78. The molecule has 0 aliphatic heterocycles.